The molecule has 156 valence electrons. The van der Waals surface area contributed by atoms with Gasteiger partial charge in [0.25, 0.3) is 0 Å². The molecule has 1 aromatic rings. The molecule has 28 heavy (non-hydrogen) atoms. The summed E-state index contributed by atoms with van der Waals surface area (Å²) in [5.41, 5.74) is 2.41. The predicted octanol–water partition coefficient (Wildman–Crippen LogP) is 4.25. The molecule has 2 fully saturated rings. The van der Waals surface area contributed by atoms with Crippen LogP contribution in [0.4, 0.5) is 0 Å². The van der Waals surface area contributed by atoms with Crippen LogP contribution in [-0.2, 0) is 15.9 Å². The molecule has 2 atom stereocenters. The normalized spacial score (nSPS) is 25.6. The van der Waals surface area contributed by atoms with Crippen LogP contribution in [0, 0.1) is 5.92 Å². The summed E-state index contributed by atoms with van der Waals surface area (Å²) in [6.07, 6.45) is 3.37. The highest BCUT2D eigenvalue weighted by Crippen LogP contribution is 2.47. The number of ether oxygens (including phenoxy) is 4. The molecule has 0 bridgehead atoms. The Morgan fingerprint density at radius 1 is 1.25 bits per heavy atom. The van der Waals surface area contributed by atoms with Crippen LogP contribution < -0.4 is 9.47 Å². The van der Waals surface area contributed by atoms with Crippen LogP contribution in [0.3, 0.4) is 0 Å². The van der Waals surface area contributed by atoms with Gasteiger partial charge in [-0.1, -0.05) is 11.6 Å². The fourth-order valence-corrected chi connectivity index (χ4v) is 4.89. The Kier molecular flexibility index (Phi) is 5.81. The molecular formula is C22H32ClNO4. The summed E-state index contributed by atoms with van der Waals surface area (Å²) < 4.78 is 23.2. The summed E-state index contributed by atoms with van der Waals surface area (Å²) in [4.78, 5) is 2.55. The Labute approximate surface area is 173 Å². The molecule has 0 saturated carbocycles. The van der Waals surface area contributed by atoms with E-state index in [1.165, 1.54) is 11.1 Å². The fourth-order valence-electron chi connectivity index (χ4n) is 4.54. The lowest BCUT2D eigenvalue weighted by atomic mass is 9.85. The van der Waals surface area contributed by atoms with E-state index >= 15 is 0 Å². The molecular weight excluding hydrogens is 378 g/mol. The van der Waals surface area contributed by atoms with Gasteiger partial charge in [0.15, 0.2) is 11.5 Å². The van der Waals surface area contributed by atoms with Gasteiger partial charge in [0.05, 0.1) is 43.7 Å². The fraction of sp³-hybridized carbons (Fsp3) is 0.727. The maximum absolute atomic E-state index is 6.82. The van der Waals surface area contributed by atoms with Crippen LogP contribution in [-0.4, -0.2) is 56.6 Å². The van der Waals surface area contributed by atoms with Gasteiger partial charge in [-0.15, -0.1) is 0 Å². The molecule has 0 aromatic heterocycles. The molecule has 1 aromatic carbocycles. The van der Waals surface area contributed by atoms with Crippen molar-refractivity contribution in [2.24, 2.45) is 5.92 Å². The second kappa shape index (κ2) is 8.02. The van der Waals surface area contributed by atoms with E-state index in [1.54, 1.807) is 7.11 Å². The molecule has 2 unspecified atom stereocenters. The highest BCUT2D eigenvalue weighted by Gasteiger charge is 2.37. The molecule has 0 aliphatic carbocycles. The first-order valence-corrected chi connectivity index (χ1v) is 10.7. The Bertz CT molecular complexity index is 713. The molecule has 0 amide bonds. The van der Waals surface area contributed by atoms with Crippen molar-refractivity contribution in [1.29, 1.82) is 0 Å². The van der Waals surface area contributed by atoms with Gasteiger partial charge in [0, 0.05) is 25.0 Å². The minimum atomic E-state index is -0.102. The van der Waals surface area contributed by atoms with E-state index in [2.05, 4.69) is 31.7 Å². The molecule has 0 spiro atoms. The number of nitrogens with zero attached hydrogens (tertiary/aromatic N) is 1. The molecule has 2 saturated heterocycles. The first-order valence-electron chi connectivity index (χ1n) is 10.4. The van der Waals surface area contributed by atoms with Crippen molar-refractivity contribution in [2.45, 2.75) is 57.8 Å². The van der Waals surface area contributed by atoms with Crippen LogP contribution in [0.15, 0.2) is 6.07 Å². The van der Waals surface area contributed by atoms with E-state index in [1.807, 2.05) is 0 Å². The molecule has 3 heterocycles. The first-order chi connectivity index (χ1) is 13.4. The smallest absolute Gasteiger partial charge is 0.180 e. The van der Waals surface area contributed by atoms with Crippen LogP contribution >= 0.6 is 11.6 Å². The third-order valence-corrected chi connectivity index (χ3v) is 6.28. The number of hydrogen-bond donors (Lipinski definition) is 0. The minimum Gasteiger partial charge on any atom is -0.493 e. The van der Waals surface area contributed by atoms with Crippen molar-refractivity contribution < 1.29 is 18.9 Å². The summed E-state index contributed by atoms with van der Waals surface area (Å²) >= 11 is 6.82. The number of fused-ring (bicyclic) bond motifs is 3. The molecule has 3 aliphatic rings. The number of methoxy groups -OCH3 is 1. The summed E-state index contributed by atoms with van der Waals surface area (Å²) in [7, 11) is 1.69. The Morgan fingerprint density at radius 3 is 2.68 bits per heavy atom. The van der Waals surface area contributed by atoms with E-state index in [0.717, 1.165) is 56.3 Å². The second-order valence-corrected chi connectivity index (χ2v) is 9.57. The quantitative estimate of drug-likeness (QED) is 0.727. The van der Waals surface area contributed by atoms with Gasteiger partial charge < -0.3 is 18.9 Å². The maximum Gasteiger partial charge on any atom is 0.180 e. The van der Waals surface area contributed by atoms with E-state index in [9.17, 15) is 0 Å². The van der Waals surface area contributed by atoms with Gasteiger partial charge in [-0.25, -0.2) is 0 Å². The summed E-state index contributed by atoms with van der Waals surface area (Å²) in [5.74, 6) is 1.87. The van der Waals surface area contributed by atoms with Crippen LogP contribution in [0.25, 0.3) is 0 Å². The lowest BCUT2D eigenvalue weighted by Crippen LogP contribution is -2.47. The van der Waals surface area contributed by atoms with Crippen molar-refractivity contribution >= 4 is 11.6 Å². The van der Waals surface area contributed by atoms with Crippen LogP contribution in [0.2, 0.25) is 5.02 Å². The van der Waals surface area contributed by atoms with E-state index in [-0.39, 0.29) is 5.60 Å². The molecule has 0 radical (unpaired) electrons. The van der Waals surface area contributed by atoms with Crippen molar-refractivity contribution in [1.82, 2.24) is 4.90 Å². The molecule has 3 aliphatic heterocycles. The Morgan fingerprint density at radius 2 is 2.04 bits per heavy atom. The van der Waals surface area contributed by atoms with Crippen molar-refractivity contribution in [3.05, 3.63) is 22.2 Å². The van der Waals surface area contributed by atoms with Gasteiger partial charge >= 0.3 is 0 Å². The maximum atomic E-state index is 6.82. The predicted molar refractivity (Wildman–Crippen MR) is 110 cm³/mol. The zero-order valence-electron chi connectivity index (χ0n) is 17.4. The molecule has 5 nitrogen and oxygen atoms in total. The third kappa shape index (κ3) is 4.13. The number of hydrogen-bond acceptors (Lipinski definition) is 5. The van der Waals surface area contributed by atoms with Gasteiger partial charge in [-0.05, 0) is 57.2 Å². The van der Waals surface area contributed by atoms with Crippen molar-refractivity contribution in [3.8, 4) is 11.5 Å². The largest absolute Gasteiger partial charge is 0.493 e. The number of benzene rings is 1. The number of halogens is 1. The monoisotopic (exact) mass is 409 g/mol. The lowest BCUT2D eigenvalue weighted by molar-refractivity contribution is -0.0971. The average Bonchev–Trinajstić information content (AvgIpc) is 2.60. The summed E-state index contributed by atoms with van der Waals surface area (Å²) in [6, 6.07) is 2.53. The van der Waals surface area contributed by atoms with Crippen LogP contribution in [0.1, 0.15) is 50.8 Å². The summed E-state index contributed by atoms with van der Waals surface area (Å²) in [6.45, 7) is 10.5. The molecule has 6 heteroatoms. The standard InChI is InChI=1S/C22H32ClNO4/c1-22(2,3)28-15-5-6-18-17-9-19(25-4)21(27-13-14-11-26-12-14)20(23)16(17)7-8-24(18)10-15/h9,14-15,18H,5-8,10-13H2,1-4H3. The van der Waals surface area contributed by atoms with Gasteiger partial charge in [-0.2, -0.15) is 0 Å². The van der Waals surface area contributed by atoms with Crippen LogP contribution in [0.5, 0.6) is 11.5 Å². The molecule has 4 rings (SSSR count). The van der Waals surface area contributed by atoms with Gasteiger partial charge in [-0.3, -0.25) is 4.90 Å². The van der Waals surface area contributed by atoms with Crippen molar-refractivity contribution in [2.75, 3.05) is 40.0 Å². The third-order valence-electron chi connectivity index (χ3n) is 5.88. The Hall–Kier alpha value is -1.01. The zero-order valence-corrected chi connectivity index (χ0v) is 18.2. The summed E-state index contributed by atoms with van der Waals surface area (Å²) in [5, 5.41) is 0.724. The average molecular weight is 410 g/mol. The Balaban J connectivity index is 1.54. The SMILES string of the molecule is COc1cc2c(c(Cl)c1OCC1COC1)CCN1CC(OC(C)(C)C)CCC21. The van der Waals surface area contributed by atoms with Gasteiger partial charge in [0.1, 0.15) is 0 Å². The number of rotatable bonds is 5. The highest BCUT2D eigenvalue weighted by atomic mass is 35.5. The van der Waals surface area contributed by atoms with E-state index in [4.69, 9.17) is 30.5 Å². The van der Waals surface area contributed by atoms with E-state index in [0.29, 0.717) is 30.4 Å². The topological polar surface area (TPSA) is 40.2 Å². The highest BCUT2D eigenvalue weighted by molar-refractivity contribution is 6.33. The minimum absolute atomic E-state index is 0.102. The lowest BCUT2D eigenvalue weighted by Gasteiger charge is -2.45. The van der Waals surface area contributed by atoms with Crippen molar-refractivity contribution in [3.63, 3.8) is 0 Å². The second-order valence-electron chi connectivity index (χ2n) is 9.19. The first kappa shape index (κ1) is 20.3. The van der Waals surface area contributed by atoms with Gasteiger partial charge in [0.2, 0.25) is 0 Å². The zero-order chi connectivity index (χ0) is 19.9. The van der Waals surface area contributed by atoms with E-state index < -0.39 is 0 Å². The number of piperidine rings is 1. The molecule has 0 N–H and O–H groups in total.